The van der Waals surface area contributed by atoms with Gasteiger partial charge in [0.15, 0.2) is 0 Å². The van der Waals surface area contributed by atoms with Gasteiger partial charge >= 0.3 is 6.18 Å². The van der Waals surface area contributed by atoms with E-state index in [0.717, 1.165) is 53.9 Å². The van der Waals surface area contributed by atoms with Crippen LogP contribution >= 0.6 is 0 Å². The minimum atomic E-state index is -4.39. The minimum Gasteiger partial charge on any atom is -0.460 e. The average molecular weight is 622 g/mol. The van der Waals surface area contributed by atoms with Crippen molar-refractivity contribution in [1.29, 1.82) is 0 Å². The number of aromatic amines is 1. The number of para-hydroxylation sites is 2. The van der Waals surface area contributed by atoms with Crippen molar-refractivity contribution in [1.82, 2.24) is 20.2 Å². The number of dihydropyridines is 1. The molecular formula is C37H34F3N5O. The summed E-state index contributed by atoms with van der Waals surface area (Å²) < 4.78 is 45.2. The number of aliphatic imine (C=N–C) groups is 1. The van der Waals surface area contributed by atoms with Crippen LogP contribution in [0.25, 0.3) is 22.4 Å². The molecule has 5 aromatic rings. The SMILES string of the molecule is FC(F)(F)c1cccc(-c2ccc(CNCc3ccc(CN(Cc4nc5ccccc5[nH]4)C4C=C5C=CC=NC5CC4)cc3)o2)c1. The first-order valence-electron chi connectivity index (χ1n) is 15.5. The molecule has 234 valence electrons. The zero-order valence-corrected chi connectivity index (χ0v) is 25.2. The molecule has 9 heteroatoms. The number of alkyl halides is 3. The molecular weight excluding hydrogens is 587 g/mol. The van der Waals surface area contributed by atoms with Gasteiger partial charge in [-0.1, -0.05) is 60.7 Å². The molecule has 0 spiro atoms. The van der Waals surface area contributed by atoms with Gasteiger partial charge in [-0.2, -0.15) is 13.2 Å². The molecule has 2 atom stereocenters. The summed E-state index contributed by atoms with van der Waals surface area (Å²) in [6, 6.07) is 25.9. The quantitative estimate of drug-likeness (QED) is 0.165. The van der Waals surface area contributed by atoms with Crippen molar-refractivity contribution in [3.8, 4) is 11.3 Å². The fraction of sp³-hybridized carbons (Fsp3) is 0.243. The number of benzene rings is 3. The van der Waals surface area contributed by atoms with Gasteiger partial charge in [0.25, 0.3) is 0 Å². The molecule has 0 amide bonds. The molecule has 1 aliphatic heterocycles. The van der Waals surface area contributed by atoms with E-state index in [1.165, 1.54) is 17.2 Å². The number of nitrogens with one attached hydrogen (secondary N) is 2. The standard InChI is InChI=1S/C37H34F3N5O/c38-37(39,40)29-7-3-5-28(19-29)35-17-15-31(46-35)22-41-21-25-10-12-26(13-11-25)23-45(24-36-43-33-8-1-2-9-34(33)44-36)30-14-16-32-27(20-30)6-4-18-42-32/h1-13,15,17-20,30,32,41H,14,16,21-24H2,(H,43,44). The monoisotopic (exact) mass is 621 g/mol. The Kier molecular flexibility index (Phi) is 8.43. The Labute approximate surface area is 265 Å². The first-order valence-corrected chi connectivity index (χ1v) is 15.5. The highest BCUT2D eigenvalue weighted by Crippen LogP contribution is 2.33. The third kappa shape index (κ3) is 6.90. The average Bonchev–Trinajstić information content (AvgIpc) is 3.72. The molecule has 2 aliphatic rings. The number of H-pyrrole nitrogens is 1. The van der Waals surface area contributed by atoms with Crippen LogP contribution in [-0.2, 0) is 32.4 Å². The van der Waals surface area contributed by atoms with Crippen LogP contribution in [0.3, 0.4) is 0 Å². The van der Waals surface area contributed by atoms with Gasteiger partial charge in [0.2, 0.25) is 0 Å². The smallest absolute Gasteiger partial charge is 0.416 e. The van der Waals surface area contributed by atoms with Crippen molar-refractivity contribution in [2.75, 3.05) is 0 Å². The van der Waals surface area contributed by atoms with Gasteiger partial charge in [0, 0.05) is 30.9 Å². The van der Waals surface area contributed by atoms with Crippen molar-refractivity contribution in [2.24, 2.45) is 4.99 Å². The lowest BCUT2D eigenvalue weighted by molar-refractivity contribution is -0.137. The molecule has 2 aromatic heterocycles. The zero-order valence-electron chi connectivity index (χ0n) is 25.2. The Bertz CT molecular complexity index is 1870. The van der Waals surface area contributed by atoms with E-state index in [4.69, 9.17) is 9.40 Å². The second-order valence-electron chi connectivity index (χ2n) is 11.9. The van der Waals surface area contributed by atoms with Crippen LogP contribution in [0.2, 0.25) is 0 Å². The van der Waals surface area contributed by atoms with Crippen molar-refractivity contribution >= 4 is 17.2 Å². The number of nitrogens with zero attached hydrogens (tertiary/aromatic N) is 3. The first-order chi connectivity index (χ1) is 22.4. The second kappa shape index (κ2) is 12.9. The van der Waals surface area contributed by atoms with Crippen LogP contribution in [0.1, 0.15) is 41.1 Å². The summed E-state index contributed by atoms with van der Waals surface area (Å²) >= 11 is 0. The largest absolute Gasteiger partial charge is 0.460 e. The molecule has 0 radical (unpaired) electrons. The summed E-state index contributed by atoms with van der Waals surface area (Å²) in [5, 5.41) is 3.38. The van der Waals surface area contributed by atoms with Crippen LogP contribution in [0, 0.1) is 0 Å². The number of fused-ring (bicyclic) bond motifs is 2. The molecule has 0 saturated carbocycles. The predicted octanol–water partition coefficient (Wildman–Crippen LogP) is 8.23. The highest BCUT2D eigenvalue weighted by atomic mass is 19.4. The second-order valence-corrected chi connectivity index (χ2v) is 11.9. The molecule has 1 aliphatic carbocycles. The molecule has 46 heavy (non-hydrogen) atoms. The number of hydrogen-bond donors (Lipinski definition) is 2. The number of imidazole rings is 1. The summed E-state index contributed by atoms with van der Waals surface area (Å²) in [4.78, 5) is 15.5. The Morgan fingerprint density at radius 2 is 1.74 bits per heavy atom. The number of aromatic nitrogens is 2. The lowest BCUT2D eigenvalue weighted by Gasteiger charge is -2.34. The molecule has 2 N–H and O–H groups in total. The van der Waals surface area contributed by atoms with E-state index in [1.54, 1.807) is 18.2 Å². The van der Waals surface area contributed by atoms with Crippen LogP contribution < -0.4 is 5.32 Å². The van der Waals surface area contributed by atoms with E-state index >= 15 is 0 Å². The van der Waals surface area contributed by atoms with Crippen molar-refractivity contribution in [3.63, 3.8) is 0 Å². The zero-order chi connectivity index (χ0) is 31.5. The van der Waals surface area contributed by atoms with Crippen LogP contribution in [0.15, 0.2) is 118 Å². The third-order valence-corrected chi connectivity index (χ3v) is 8.58. The number of halogens is 3. The van der Waals surface area contributed by atoms with Gasteiger partial charge < -0.3 is 14.7 Å². The van der Waals surface area contributed by atoms with Crippen LogP contribution in [0.5, 0.6) is 0 Å². The maximum Gasteiger partial charge on any atom is 0.416 e. The van der Waals surface area contributed by atoms with Gasteiger partial charge in [-0.3, -0.25) is 9.89 Å². The van der Waals surface area contributed by atoms with Crippen molar-refractivity contribution < 1.29 is 17.6 Å². The Morgan fingerprint density at radius 3 is 2.59 bits per heavy atom. The fourth-order valence-corrected chi connectivity index (χ4v) is 6.20. The molecule has 3 heterocycles. The van der Waals surface area contributed by atoms with E-state index < -0.39 is 11.7 Å². The topological polar surface area (TPSA) is 69.5 Å². The normalized spacial score (nSPS) is 17.9. The molecule has 6 nitrogen and oxygen atoms in total. The Hall–Kier alpha value is -4.73. The summed E-state index contributed by atoms with van der Waals surface area (Å²) in [6.45, 7) is 2.57. The van der Waals surface area contributed by atoms with Gasteiger partial charge in [0.05, 0.1) is 35.7 Å². The van der Waals surface area contributed by atoms with Gasteiger partial charge in [-0.25, -0.2) is 4.98 Å². The summed E-state index contributed by atoms with van der Waals surface area (Å²) in [5.41, 5.74) is 5.36. The number of hydrogen-bond acceptors (Lipinski definition) is 5. The molecule has 0 bridgehead atoms. The van der Waals surface area contributed by atoms with E-state index in [2.05, 4.69) is 62.7 Å². The van der Waals surface area contributed by atoms with Crippen molar-refractivity contribution in [2.45, 2.75) is 57.3 Å². The Balaban J connectivity index is 0.994. The first kappa shape index (κ1) is 30.0. The maximum absolute atomic E-state index is 13.1. The predicted molar refractivity (Wildman–Crippen MR) is 174 cm³/mol. The number of allylic oxidation sites excluding steroid dienone is 1. The lowest BCUT2D eigenvalue weighted by Crippen LogP contribution is -2.37. The highest BCUT2D eigenvalue weighted by molar-refractivity contribution is 5.75. The molecule has 2 unspecified atom stereocenters. The number of rotatable bonds is 10. The Morgan fingerprint density at radius 1 is 0.891 bits per heavy atom. The van der Waals surface area contributed by atoms with Crippen molar-refractivity contribution in [3.05, 3.63) is 137 Å². The summed E-state index contributed by atoms with van der Waals surface area (Å²) in [6.07, 6.45) is 6.13. The minimum absolute atomic E-state index is 0.259. The van der Waals surface area contributed by atoms with Crippen LogP contribution in [0.4, 0.5) is 13.2 Å². The maximum atomic E-state index is 13.1. The van der Waals surface area contributed by atoms with Crippen LogP contribution in [-0.4, -0.2) is 33.2 Å². The fourth-order valence-electron chi connectivity index (χ4n) is 6.20. The van der Waals surface area contributed by atoms with E-state index in [-0.39, 0.29) is 12.1 Å². The highest BCUT2D eigenvalue weighted by Gasteiger charge is 2.31. The molecule has 3 aromatic carbocycles. The van der Waals surface area contributed by atoms with Gasteiger partial charge in [0.1, 0.15) is 17.3 Å². The van der Waals surface area contributed by atoms with E-state index in [0.29, 0.717) is 36.7 Å². The van der Waals surface area contributed by atoms with E-state index in [9.17, 15) is 13.2 Å². The molecule has 7 rings (SSSR count). The van der Waals surface area contributed by atoms with Gasteiger partial charge in [-0.15, -0.1) is 0 Å². The molecule has 0 fully saturated rings. The van der Waals surface area contributed by atoms with E-state index in [1.807, 2.05) is 30.5 Å². The summed E-state index contributed by atoms with van der Waals surface area (Å²) in [7, 11) is 0. The lowest BCUT2D eigenvalue weighted by atomic mass is 9.89. The third-order valence-electron chi connectivity index (χ3n) is 8.58. The van der Waals surface area contributed by atoms with Gasteiger partial charge in [-0.05, 0) is 72.0 Å². The summed E-state index contributed by atoms with van der Waals surface area (Å²) in [5.74, 6) is 2.03. The molecule has 0 saturated heterocycles. The number of furan rings is 1.